The number of carbonyl (C=O) groups excluding carboxylic acids is 1. The summed E-state index contributed by atoms with van der Waals surface area (Å²) in [5.41, 5.74) is 0.420. The molecule has 2 heteroatoms. The maximum absolute atomic E-state index is 10.2. The summed E-state index contributed by atoms with van der Waals surface area (Å²) in [5.74, 6) is 0. The van der Waals surface area contributed by atoms with E-state index in [0.717, 1.165) is 4.47 Å². The zero-order chi connectivity index (χ0) is 7.56. The van der Waals surface area contributed by atoms with E-state index in [-0.39, 0.29) is 6.04 Å². The third kappa shape index (κ3) is 1.64. The highest BCUT2D eigenvalue weighted by Gasteiger charge is 1.86. The van der Waals surface area contributed by atoms with E-state index in [1.165, 1.54) is 0 Å². The van der Waals surface area contributed by atoms with Crippen molar-refractivity contribution in [2.75, 3.05) is 0 Å². The van der Waals surface area contributed by atoms with Crippen molar-refractivity contribution in [1.29, 1.82) is 0 Å². The van der Waals surface area contributed by atoms with Gasteiger partial charge in [-0.3, -0.25) is 4.79 Å². The standard InChI is InChI=1S/C7H5BrO/c8-7-3-1-6(5-9)2-4-7/h1-5H/i1D. The average molecular weight is 186 g/mol. The molecule has 0 N–H and O–H groups in total. The fourth-order valence-electron chi connectivity index (χ4n) is 0.491. The molecule has 0 saturated heterocycles. The summed E-state index contributed by atoms with van der Waals surface area (Å²) >= 11 is 3.19. The van der Waals surface area contributed by atoms with Crippen molar-refractivity contribution in [3.63, 3.8) is 0 Å². The first-order valence-electron chi connectivity index (χ1n) is 2.95. The lowest BCUT2D eigenvalue weighted by molar-refractivity contribution is 0.112. The van der Waals surface area contributed by atoms with E-state index >= 15 is 0 Å². The van der Waals surface area contributed by atoms with Crippen LogP contribution in [0.1, 0.15) is 11.7 Å². The smallest absolute Gasteiger partial charge is 0.150 e. The lowest BCUT2D eigenvalue weighted by atomic mass is 10.2. The second-order valence-corrected chi connectivity index (χ2v) is 2.50. The van der Waals surface area contributed by atoms with E-state index in [0.29, 0.717) is 11.8 Å². The summed E-state index contributed by atoms with van der Waals surface area (Å²) < 4.78 is 8.07. The number of hydrogen-bond donors (Lipinski definition) is 0. The van der Waals surface area contributed by atoms with E-state index in [1.54, 1.807) is 18.2 Å². The monoisotopic (exact) mass is 185 g/mol. The van der Waals surface area contributed by atoms with Crippen LogP contribution in [0.5, 0.6) is 0 Å². The van der Waals surface area contributed by atoms with Gasteiger partial charge in [0.2, 0.25) is 0 Å². The number of benzene rings is 1. The van der Waals surface area contributed by atoms with Crippen molar-refractivity contribution in [1.82, 2.24) is 0 Å². The van der Waals surface area contributed by atoms with Gasteiger partial charge in [0.15, 0.2) is 0 Å². The van der Waals surface area contributed by atoms with Crippen LogP contribution in [0.2, 0.25) is 0 Å². The second-order valence-electron chi connectivity index (χ2n) is 1.58. The quantitative estimate of drug-likeness (QED) is 0.614. The van der Waals surface area contributed by atoms with Gasteiger partial charge in [-0.1, -0.05) is 28.0 Å². The largest absolute Gasteiger partial charge is 0.298 e. The fourth-order valence-corrected chi connectivity index (χ4v) is 0.738. The van der Waals surface area contributed by atoms with Crippen molar-refractivity contribution in [2.24, 2.45) is 0 Å². The summed E-state index contributed by atoms with van der Waals surface area (Å²) in [6.45, 7) is 0. The Bertz CT molecular complexity index is 260. The van der Waals surface area contributed by atoms with Crippen LogP contribution < -0.4 is 0 Å². The minimum Gasteiger partial charge on any atom is -0.298 e. The average Bonchev–Trinajstić information content (AvgIpc) is 1.88. The Morgan fingerprint density at radius 2 is 2.33 bits per heavy atom. The first-order chi connectivity index (χ1) is 4.74. The molecule has 1 aromatic rings. The predicted octanol–water partition coefficient (Wildman–Crippen LogP) is 2.26. The molecule has 1 nitrogen and oxygen atoms in total. The molecule has 0 saturated carbocycles. The third-order valence-electron chi connectivity index (χ3n) is 0.926. The van der Waals surface area contributed by atoms with E-state index in [4.69, 9.17) is 1.37 Å². The highest BCUT2D eigenvalue weighted by Crippen LogP contribution is 2.08. The van der Waals surface area contributed by atoms with E-state index < -0.39 is 0 Å². The minimum atomic E-state index is 0.254. The van der Waals surface area contributed by atoms with Crippen LogP contribution in [0, 0.1) is 0 Å². The molecule has 0 aliphatic heterocycles. The molecule has 0 atom stereocenters. The minimum absolute atomic E-state index is 0.254. The first kappa shape index (κ1) is 5.18. The van der Waals surface area contributed by atoms with Crippen molar-refractivity contribution < 1.29 is 6.17 Å². The Morgan fingerprint density at radius 3 is 2.89 bits per heavy atom. The van der Waals surface area contributed by atoms with Crippen molar-refractivity contribution in [3.8, 4) is 0 Å². The highest BCUT2D eigenvalue weighted by molar-refractivity contribution is 9.10. The zero-order valence-corrected chi connectivity index (χ0v) is 6.18. The molecule has 0 unspecified atom stereocenters. The van der Waals surface area contributed by atoms with Gasteiger partial charge in [0.05, 0.1) is 1.37 Å². The van der Waals surface area contributed by atoms with E-state index in [1.807, 2.05) is 0 Å². The van der Waals surface area contributed by atoms with Crippen LogP contribution in [-0.2, 0) is 0 Å². The molecule has 0 radical (unpaired) electrons. The van der Waals surface area contributed by atoms with Crippen LogP contribution in [0.3, 0.4) is 0 Å². The van der Waals surface area contributed by atoms with Crippen LogP contribution in [-0.4, -0.2) is 6.29 Å². The Labute approximate surface area is 63.2 Å². The topological polar surface area (TPSA) is 17.1 Å². The highest BCUT2D eigenvalue weighted by atomic mass is 79.9. The van der Waals surface area contributed by atoms with Crippen LogP contribution >= 0.6 is 15.9 Å². The lowest BCUT2D eigenvalue weighted by Gasteiger charge is -1.87. The molecule has 9 heavy (non-hydrogen) atoms. The van der Waals surface area contributed by atoms with Gasteiger partial charge >= 0.3 is 0 Å². The number of hydrogen-bond acceptors (Lipinski definition) is 1. The van der Waals surface area contributed by atoms with E-state index in [9.17, 15) is 4.79 Å². The number of rotatable bonds is 1. The Balaban J connectivity index is 3.19. The van der Waals surface area contributed by atoms with Crippen molar-refractivity contribution in [3.05, 3.63) is 34.3 Å². The molecule has 1 aromatic carbocycles. The molecule has 0 bridgehead atoms. The molecule has 0 aliphatic carbocycles. The normalized spacial score (nSPS) is 10.6. The lowest BCUT2D eigenvalue weighted by Crippen LogP contribution is -1.75. The molecular weight excluding hydrogens is 180 g/mol. The summed E-state index contributed by atoms with van der Waals surface area (Å²) in [7, 11) is 0. The van der Waals surface area contributed by atoms with Gasteiger partial charge in [-0.05, 0) is 12.1 Å². The van der Waals surface area contributed by atoms with E-state index in [2.05, 4.69) is 15.9 Å². The van der Waals surface area contributed by atoms with Gasteiger partial charge in [-0.2, -0.15) is 0 Å². The van der Waals surface area contributed by atoms with Gasteiger partial charge in [0.25, 0.3) is 0 Å². The Hall–Kier alpha value is -0.630. The SMILES string of the molecule is [2H]c1cc(Br)ccc1C=O. The molecule has 0 heterocycles. The fraction of sp³-hybridized carbons (Fsp3) is 0. The number of halogens is 1. The second kappa shape index (κ2) is 2.78. The van der Waals surface area contributed by atoms with Gasteiger partial charge in [-0.25, -0.2) is 0 Å². The van der Waals surface area contributed by atoms with Crippen molar-refractivity contribution >= 4 is 22.2 Å². The molecule has 1 rings (SSSR count). The number of aldehydes is 1. The van der Waals surface area contributed by atoms with Crippen LogP contribution in [0.25, 0.3) is 0 Å². The maximum Gasteiger partial charge on any atom is 0.150 e. The third-order valence-corrected chi connectivity index (χ3v) is 1.42. The van der Waals surface area contributed by atoms with Gasteiger partial charge in [0.1, 0.15) is 6.29 Å². The molecule has 46 valence electrons. The number of carbonyl (C=O) groups is 1. The summed E-state index contributed by atoms with van der Waals surface area (Å²) in [5, 5.41) is 0. The molecular formula is C7H5BrO. The Morgan fingerprint density at radius 1 is 1.56 bits per heavy atom. The van der Waals surface area contributed by atoms with Gasteiger partial charge < -0.3 is 0 Å². The van der Waals surface area contributed by atoms with Gasteiger partial charge in [0, 0.05) is 10.0 Å². The van der Waals surface area contributed by atoms with Gasteiger partial charge in [-0.15, -0.1) is 0 Å². The Kier molecular flexibility index (Phi) is 1.60. The molecule has 0 aliphatic rings. The van der Waals surface area contributed by atoms with Crippen LogP contribution in [0.4, 0.5) is 0 Å². The summed E-state index contributed by atoms with van der Waals surface area (Å²) in [6.07, 6.45) is 0.675. The molecule has 0 fully saturated rings. The first-order valence-corrected chi connectivity index (χ1v) is 3.24. The van der Waals surface area contributed by atoms with Crippen LogP contribution in [0.15, 0.2) is 28.7 Å². The summed E-state index contributed by atoms with van der Waals surface area (Å²) in [4.78, 5) is 10.2. The van der Waals surface area contributed by atoms with Crippen molar-refractivity contribution in [2.45, 2.75) is 0 Å². The molecule has 0 amide bonds. The molecule has 0 aromatic heterocycles. The molecule has 0 spiro atoms. The summed E-state index contributed by atoms with van der Waals surface area (Å²) in [6, 6.07) is 5.19. The zero-order valence-electron chi connectivity index (χ0n) is 5.60. The predicted molar refractivity (Wildman–Crippen MR) is 39.5 cm³/mol. The maximum atomic E-state index is 10.2.